The van der Waals surface area contributed by atoms with E-state index in [1.165, 1.54) is 12.1 Å². The Kier molecular flexibility index (Phi) is 4.62. The SMILES string of the molecule is C=CC(=O)NN(CC(=O)O)C(=O)c1ccccc1. The first-order valence-corrected chi connectivity index (χ1v) is 5.06. The zero-order valence-electron chi connectivity index (χ0n) is 9.50. The number of carboxylic acid groups (broad SMARTS) is 1. The number of hydrazine groups is 1. The van der Waals surface area contributed by atoms with Crippen molar-refractivity contribution in [2.45, 2.75) is 0 Å². The average Bonchev–Trinajstić information content (AvgIpc) is 2.37. The van der Waals surface area contributed by atoms with Crippen molar-refractivity contribution in [1.29, 1.82) is 0 Å². The molecule has 1 aromatic rings. The molecule has 0 saturated heterocycles. The maximum absolute atomic E-state index is 11.9. The number of benzene rings is 1. The fraction of sp³-hybridized carbons (Fsp3) is 0.0833. The van der Waals surface area contributed by atoms with Crippen LogP contribution >= 0.6 is 0 Å². The summed E-state index contributed by atoms with van der Waals surface area (Å²) in [5.74, 6) is -2.49. The van der Waals surface area contributed by atoms with Crippen molar-refractivity contribution in [2.75, 3.05) is 6.54 Å². The van der Waals surface area contributed by atoms with Crippen LogP contribution in [0, 0.1) is 0 Å². The fourth-order valence-corrected chi connectivity index (χ4v) is 1.21. The second kappa shape index (κ2) is 6.19. The third-order valence-corrected chi connectivity index (χ3v) is 1.99. The molecule has 0 aliphatic heterocycles. The molecule has 6 nitrogen and oxygen atoms in total. The molecule has 0 fully saturated rings. The van der Waals surface area contributed by atoms with Gasteiger partial charge in [-0.2, -0.15) is 0 Å². The van der Waals surface area contributed by atoms with Gasteiger partial charge in [0.05, 0.1) is 0 Å². The molecule has 0 saturated carbocycles. The van der Waals surface area contributed by atoms with Gasteiger partial charge < -0.3 is 5.11 Å². The van der Waals surface area contributed by atoms with Gasteiger partial charge in [-0.3, -0.25) is 19.8 Å². The Labute approximate surface area is 103 Å². The van der Waals surface area contributed by atoms with Gasteiger partial charge in [0.1, 0.15) is 6.54 Å². The summed E-state index contributed by atoms with van der Waals surface area (Å²) in [5.41, 5.74) is 2.42. The lowest BCUT2D eigenvalue weighted by atomic mass is 10.2. The lowest BCUT2D eigenvalue weighted by molar-refractivity contribution is -0.139. The van der Waals surface area contributed by atoms with Crippen molar-refractivity contribution in [3.05, 3.63) is 48.6 Å². The average molecular weight is 248 g/mol. The van der Waals surface area contributed by atoms with E-state index in [2.05, 4.69) is 12.0 Å². The van der Waals surface area contributed by atoms with E-state index in [1.807, 2.05) is 0 Å². The highest BCUT2D eigenvalue weighted by Crippen LogP contribution is 2.02. The lowest BCUT2D eigenvalue weighted by Crippen LogP contribution is -2.48. The summed E-state index contributed by atoms with van der Waals surface area (Å²) in [6, 6.07) is 8.05. The highest BCUT2D eigenvalue weighted by Gasteiger charge is 2.19. The summed E-state index contributed by atoms with van der Waals surface area (Å²) >= 11 is 0. The normalized spacial score (nSPS) is 9.33. The van der Waals surface area contributed by atoms with Crippen molar-refractivity contribution in [3.8, 4) is 0 Å². The van der Waals surface area contributed by atoms with E-state index in [4.69, 9.17) is 5.11 Å². The first-order valence-electron chi connectivity index (χ1n) is 5.06. The summed E-state index contributed by atoms with van der Waals surface area (Å²) < 4.78 is 0. The summed E-state index contributed by atoms with van der Waals surface area (Å²) in [5, 5.41) is 9.42. The van der Waals surface area contributed by atoms with Crippen molar-refractivity contribution in [2.24, 2.45) is 0 Å². The minimum absolute atomic E-state index is 0.281. The zero-order valence-corrected chi connectivity index (χ0v) is 9.50. The number of rotatable bonds is 4. The van der Waals surface area contributed by atoms with Crippen LogP contribution in [0.25, 0.3) is 0 Å². The molecule has 0 aliphatic rings. The van der Waals surface area contributed by atoms with E-state index < -0.39 is 24.3 Å². The van der Waals surface area contributed by atoms with Crippen molar-refractivity contribution in [3.63, 3.8) is 0 Å². The molecule has 1 aromatic carbocycles. The summed E-state index contributed by atoms with van der Waals surface area (Å²) in [7, 11) is 0. The van der Waals surface area contributed by atoms with Crippen LogP contribution in [-0.4, -0.2) is 34.4 Å². The standard InChI is InChI=1S/C12H12N2O4/c1-2-10(15)13-14(8-11(16)17)12(18)9-6-4-3-5-7-9/h2-7H,1,8H2,(H,13,15)(H,16,17). The van der Waals surface area contributed by atoms with Gasteiger partial charge in [-0.25, -0.2) is 5.01 Å². The minimum atomic E-state index is -1.23. The Morgan fingerprint density at radius 2 is 1.89 bits per heavy atom. The van der Waals surface area contributed by atoms with Crippen LogP contribution in [0.1, 0.15) is 10.4 Å². The first-order chi connectivity index (χ1) is 8.54. The minimum Gasteiger partial charge on any atom is -0.480 e. The molecular weight excluding hydrogens is 236 g/mol. The second-order valence-corrected chi connectivity index (χ2v) is 3.33. The van der Waals surface area contributed by atoms with Crippen LogP contribution in [0.5, 0.6) is 0 Å². The molecular formula is C12H12N2O4. The van der Waals surface area contributed by atoms with Crippen molar-refractivity contribution >= 4 is 17.8 Å². The van der Waals surface area contributed by atoms with Gasteiger partial charge in [0.15, 0.2) is 0 Å². The van der Waals surface area contributed by atoms with Crippen LogP contribution in [-0.2, 0) is 9.59 Å². The van der Waals surface area contributed by atoms with Crippen molar-refractivity contribution in [1.82, 2.24) is 10.4 Å². The Hall–Kier alpha value is -2.63. The predicted octanol–water partition coefficient (Wildman–Crippen LogP) is 0.431. The maximum atomic E-state index is 11.9. The molecule has 0 aromatic heterocycles. The highest BCUT2D eigenvalue weighted by atomic mass is 16.4. The van der Waals surface area contributed by atoms with E-state index >= 15 is 0 Å². The van der Waals surface area contributed by atoms with E-state index in [0.717, 1.165) is 11.1 Å². The lowest BCUT2D eigenvalue weighted by Gasteiger charge is -2.20. The number of amides is 2. The number of hydrogen-bond donors (Lipinski definition) is 2. The summed E-state index contributed by atoms with van der Waals surface area (Å²) in [4.78, 5) is 33.7. The van der Waals surface area contributed by atoms with Crippen LogP contribution < -0.4 is 5.43 Å². The molecule has 0 atom stereocenters. The predicted molar refractivity (Wildman–Crippen MR) is 63.5 cm³/mol. The topological polar surface area (TPSA) is 86.7 Å². The summed E-state index contributed by atoms with van der Waals surface area (Å²) in [6.07, 6.45) is 0.952. The molecule has 18 heavy (non-hydrogen) atoms. The van der Waals surface area contributed by atoms with Gasteiger partial charge in [0.25, 0.3) is 11.8 Å². The second-order valence-electron chi connectivity index (χ2n) is 3.33. The number of hydrogen-bond acceptors (Lipinski definition) is 3. The largest absolute Gasteiger partial charge is 0.480 e. The third-order valence-electron chi connectivity index (χ3n) is 1.99. The quantitative estimate of drug-likeness (QED) is 0.597. The van der Waals surface area contributed by atoms with E-state index in [1.54, 1.807) is 18.2 Å². The maximum Gasteiger partial charge on any atom is 0.325 e. The van der Waals surface area contributed by atoms with Crippen LogP contribution in [0.15, 0.2) is 43.0 Å². The number of nitrogens with zero attached hydrogens (tertiary/aromatic N) is 1. The Morgan fingerprint density at radius 3 is 2.39 bits per heavy atom. The molecule has 0 aliphatic carbocycles. The van der Waals surface area contributed by atoms with Gasteiger partial charge in [-0.15, -0.1) is 0 Å². The van der Waals surface area contributed by atoms with Gasteiger partial charge >= 0.3 is 5.97 Å². The van der Waals surface area contributed by atoms with Gasteiger partial charge in [-0.1, -0.05) is 24.8 Å². The molecule has 6 heteroatoms. The van der Waals surface area contributed by atoms with Crippen LogP contribution in [0.4, 0.5) is 0 Å². The highest BCUT2D eigenvalue weighted by molar-refractivity contribution is 5.98. The number of carbonyl (C=O) groups excluding carboxylic acids is 2. The van der Waals surface area contributed by atoms with E-state index in [9.17, 15) is 14.4 Å². The molecule has 0 heterocycles. The molecule has 94 valence electrons. The van der Waals surface area contributed by atoms with E-state index in [-0.39, 0.29) is 5.56 Å². The molecule has 0 spiro atoms. The van der Waals surface area contributed by atoms with Gasteiger partial charge in [0.2, 0.25) is 0 Å². The smallest absolute Gasteiger partial charge is 0.325 e. The number of aliphatic carboxylic acids is 1. The van der Waals surface area contributed by atoms with Gasteiger partial charge in [-0.05, 0) is 18.2 Å². The van der Waals surface area contributed by atoms with Crippen LogP contribution in [0.3, 0.4) is 0 Å². The van der Waals surface area contributed by atoms with Crippen LogP contribution in [0.2, 0.25) is 0 Å². The number of carboxylic acids is 1. The molecule has 0 bridgehead atoms. The molecule has 2 amide bonds. The fourth-order valence-electron chi connectivity index (χ4n) is 1.21. The Balaban J connectivity index is 2.88. The molecule has 0 unspecified atom stereocenters. The Bertz CT molecular complexity index is 470. The van der Waals surface area contributed by atoms with E-state index in [0.29, 0.717) is 0 Å². The third kappa shape index (κ3) is 3.75. The molecule has 1 rings (SSSR count). The Morgan fingerprint density at radius 1 is 1.28 bits per heavy atom. The zero-order chi connectivity index (χ0) is 13.5. The van der Waals surface area contributed by atoms with Gasteiger partial charge in [0, 0.05) is 5.56 Å². The number of carbonyl (C=O) groups is 3. The monoisotopic (exact) mass is 248 g/mol. The summed E-state index contributed by atoms with van der Waals surface area (Å²) in [6.45, 7) is 2.60. The number of nitrogens with one attached hydrogen (secondary N) is 1. The molecule has 2 N–H and O–H groups in total. The first kappa shape index (κ1) is 13.4. The molecule has 0 radical (unpaired) electrons. The van der Waals surface area contributed by atoms with Crippen molar-refractivity contribution < 1.29 is 19.5 Å².